The second-order valence-corrected chi connectivity index (χ2v) is 5.75. The molecule has 0 unspecified atom stereocenters. The Bertz CT molecular complexity index is 834. The first-order chi connectivity index (χ1) is 12.4. The number of esters is 1. The molecule has 0 aromatic heterocycles. The summed E-state index contributed by atoms with van der Waals surface area (Å²) >= 11 is 0. The van der Waals surface area contributed by atoms with Gasteiger partial charge in [0.2, 0.25) is 0 Å². The fourth-order valence-electron chi connectivity index (χ4n) is 2.33. The van der Waals surface area contributed by atoms with Crippen LogP contribution in [0.5, 0.6) is 0 Å². The number of hydrogen-bond acceptors (Lipinski definition) is 3. The standard InChI is InChI=1S/C20H19F2NO3/c1-13-5-3-4-6-15(13)7-10-20(25)26-12-19(24)23-14(2)17-9-8-16(21)11-18(17)22/h3-11,14H,12H2,1-2H3,(H,23,24)/b10-7+/t14-/m0/s1. The number of halogens is 2. The Morgan fingerprint density at radius 2 is 1.92 bits per heavy atom. The average molecular weight is 359 g/mol. The van der Waals surface area contributed by atoms with Gasteiger partial charge in [-0.05, 0) is 37.1 Å². The summed E-state index contributed by atoms with van der Waals surface area (Å²) in [5, 5.41) is 2.49. The Morgan fingerprint density at radius 3 is 2.62 bits per heavy atom. The summed E-state index contributed by atoms with van der Waals surface area (Å²) in [7, 11) is 0. The molecule has 4 nitrogen and oxygen atoms in total. The summed E-state index contributed by atoms with van der Waals surface area (Å²) < 4.78 is 31.4. The van der Waals surface area contributed by atoms with Crippen molar-refractivity contribution in [1.82, 2.24) is 5.32 Å². The monoisotopic (exact) mass is 359 g/mol. The third kappa shape index (κ3) is 5.51. The van der Waals surface area contributed by atoms with Crippen LogP contribution >= 0.6 is 0 Å². The summed E-state index contributed by atoms with van der Waals surface area (Å²) in [5.74, 6) is -2.70. The maximum absolute atomic E-state index is 13.7. The fraction of sp³-hybridized carbons (Fsp3) is 0.200. The summed E-state index contributed by atoms with van der Waals surface area (Å²) in [4.78, 5) is 23.5. The van der Waals surface area contributed by atoms with Crippen LogP contribution in [-0.2, 0) is 14.3 Å². The van der Waals surface area contributed by atoms with Crippen molar-refractivity contribution < 1.29 is 23.1 Å². The van der Waals surface area contributed by atoms with E-state index in [0.717, 1.165) is 23.3 Å². The highest BCUT2D eigenvalue weighted by molar-refractivity contribution is 5.89. The zero-order valence-electron chi connectivity index (χ0n) is 14.5. The first-order valence-electron chi connectivity index (χ1n) is 8.01. The Hall–Kier alpha value is -3.02. The molecule has 0 saturated carbocycles. The molecular formula is C20H19F2NO3. The van der Waals surface area contributed by atoms with E-state index in [4.69, 9.17) is 4.74 Å². The van der Waals surface area contributed by atoms with Gasteiger partial charge in [-0.15, -0.1) is 0 Å². The molecule has 6 heteroatoms. The molecule has 1 N–H and O–H groups in total. The van der Waals surface area contributed by atoms with Gasteiger partial charge >= 0.3 is 5.97 Å². The zero-order chi connectivity index (χ0) is 19.1. The van der Waals surface area contributed by atoms with Gasteiger partial charge in [-0.2, -0.15) is 0 Å². The van der Waals surface area contributed by atoms with Crippen LogP contribution in [0.25, 0.3) is 6.08 Å². The van der Waals surface area contributed by atoms with Gasteiger partial charge < -0.3 is 10.1 Å². The molecule has 0 aliphatic carbocycles. The molecule has 0 heterocycles. The molecule has 26 heavy (non-hydrogen) atoms. The maximum Gasteiger partial charge on any atom is 0.331 e. The van der Waals surface area contributed by atoms with E-state index in [1.165, 1.54) is 12.1 Å². The Morgan fingerprint density at radius 1 is 1.19 bits per heavy atom. The topological polar surface area (TPSA) is 55.4 Å². The predicted octanol–water partition coefficient (Wildman–Crippen LogP) is 3.71. The lowest BCUT2D eigenvalue weighted by molar-refractivity contribution is -0.144. The highest BCUT2D eigenvalue weighted by Crippen LogP contribution is 2.17. The number of aryl methyl sites for hydroxylation is 1. The quantitative estimate of drug-likeness (QED) is 0.632. The largest absolute Gasteiger partial charge is 0.452 e. The lowest BCUT2D eigenvalue weighted by atomic mass is 10.1. The van der Waals surface area contributed by atoms with Crippen molar-refractivity contribution >= 4 is 18.0 Å². The Kier molecular flexibility index (Phi) is 6.60. The van der Waals surface area contributed by atoms with Crippen LogP contribution in [0.15, 0.2) is 48.5 Å². The third-order valence-electron chi connectivity index (χ3n) is 3.74. The smallest absolute Gasteiger partial charge is 0.331 e. The molecule has 136 valence electrons. The zero-order valence-corrected chi connectivity index (χ0v) is 14.5. The lowest BCUT2D eigenvalue weighted by Crippen LogP contribution is -2.31. The number of ether oxygens (including phenoxy) is 1. The second kappa shape index (κ2) is 8.89. The Labute approximate surface area is 150 Å². The minimum absolute atomic E-state index is 0.144. The van der Waals surface area contributed by atoms with Crippen molar-refractivity contribution in [2.24, 2.45) is 0 Å². The van der Waals surface area contributed by atoms with Gasteiger partial charge in [0.05, 0.1) is 6.04 Å². The normalized spacial score (nSPS) is 12.0. The number of rotatable bonds is 6. The fourth-order valence-corrected chi connectivity index (χ4v) is 2.33. The summed E-state index contributed by atoms with van der Waals surface area (Å²) in [6.45, 7) is 2.96. The number of hydrogen-bond donors (Lipinski definition) is 1. The highest BCUT2D eigenvalue weighted by Gasteiger charge is 2.15. The minimum Gasteiger partial charge on any atom is -0.452 e. The van der Waals surface area contributed by atoms with Gasteiger partial charge in [0, 0.05) is 17.7 Å². The van der Waals surface area contributed by atoms with Crippen LogP contribution < -0.4 is 5.32 Å². The minimum atomic E-state index is -0.754. The van der Waals surface area contributed by atoms with E-state index < -0.39 is 36.2 Å². The van der Waals surface area contributed by atoms with Gasteiger partial charge in [0.15, 0.2) is 6.61 Å². The van der Waals surface area contributed by atoms with Crippen molar-refractivity contribution in [2.75, 3.05) is 6.61 Å². The van der Waals surface area contributed by atoms with Crippen molar-refractivity contribution in [1.29, 1.82) is 0 Å². The van der Waals surface area contributed by atoms with Gasteiger partial charge in [0.1, 0.15) is 11.6 Å². The number of amides is 1. The van der Waals surface area contributed by atoms with Crippen LogP contribution in [0.1, 0.15) is 29.7 Å². The summed E-state index contributed by atoms with van der Waals surface area (Å²) in [6.07, 6.45) is 2.84. The molecule has 2 aromatic rings. The van der Waals surface area contributed by atoms with Crippen LogP contribution in [0, 0.1) is 18.6 Å². The van der Waals surface area contributed by atoms with Gasteiger partial charge in [-0.3, -0.25) is 4.79 Å². The number of benzene rings is 2. The molecule has 0 fully saturated rings. The van der Waals surface area contributed by atoms with E-state index in [9.17, 15) is 18.4 Å². The molecule has 2 aromatic carbocycles. The Balaban J connectivity index is 1.84. The van der Waals surface area contributed by atoms with E-state index in [1.807, 2.05) is 31.2 Å². The number of carbonyl (C=O) groups excluding carboxylic acids is 2. The summed E-state index contributed by atoms with van der Waals surface area (Å²) in [6, 6.07) is 9.92. The van der Waals surface area contributed by atoms with Crippen LogP contribution in [0.3, 0.4) is 0 Å². The van der Waals surface area contributed by atoms with Gasteiger partial charge in [-0.25, -0.2) is 13.6 Å². The van der Waals surface area contributed by atoms with E-state index in [1.54, 1.807) is 13.0 Å². The first-order valence-corrected chi connectivity index (χ1v) is 8.01. The number of carbonyl (C=O) groups is 2. The highest BCUT2D eigenvalue weighted by atomic mass is 19.1. The van der Waals surface area contributed by atoms with Crippen molar-refractivity contribution in [3.63, 3.8) is 0 Å². The maximum atomic E-state index is 13.7. The average Bonchev–Trinajstić information content (AvgIpc) is 2.59. The number of nitrogens with one attached hydrogen (secondary N) is 1. The van der Waals surface area contributed by atoms with Crippen LogP contribution in [-0.4, -0.2) is 18.5 Å². The molecule has 0 saturated heterocycles. The summed E-state index contributed by atoms with van der Waals surface area (Å²) in [5.41, 5.74) is 2.02. The molecule has 0 aliphatic heterocycles. The van der Waals surface area contributed by atoms with E-state index in [-0.39, 0.29) is 5.56 Å². The van der Waals surface area contributed by atoms with Crippen LogP contribution in [0.2, 0.25) is 0 Å². The molecule has 0 bridgehead atoms. The molecule has 1 atom stereocenters. The molecule has 0 radical (unpaired) electrons. The molecule has 0 aliphatic rings. The van der Waals surface area contributed by atoms with E-state index in [0.29, 0.717) is 0 Å². The second-order valence-electron chi connectivity index (χ2n) is 5.75. The van der Waals surface area contributed by atoms with Gasteiger partial charge in [0.25, 0.3) is 5.91 Å². The first kappa shape index (κ1) is 19.3. The predicted molar refractivity (Wildman–Crippen MR) is 94.1 cm³/mol. The molecule has 1 amide bonds. The van der Waals surface area contributed by atoms with E-state index >= 15 is 0 Å². The van der Waals surface area contributed by atoms with E-state index in [2.05, 4.69) is 5.32 Å². The van der Waals surface area contributed by atoms with Crippen molar-refractivity contribution in [3.05, 3.63) is 76.9 Å². The molecule has 0 spiro atoms. The lowest BCUT2D eigenvalue weighted by Gasteiger charge is -2.15. The van der Waals surface area contributed by atoms with Crippen LogP contribution in [0.4, 0.5) is 8.78 Å². The van der Waals surface area contributed by atoms with Gasteiger partial charge in [-0.1, -0.05) is 30.3 Å². The SMILES string of the molecule is Cc1ccccc1/C=C/C(=O)OCC(=O)N[C@@H](C)c1ccc(F)cc1F. The molecular weight excluding hydrogens is 340 g/mol. The third-order valence-corrected chi connectivity index (χ3v) is 3.74. The van der Waals surface area contributed by atoms with Crippen molar-refractivity contribution in [2.45, 2.75) is 19.9 Å². The molecule has 2 rings (SSSR count). The van der Waals surface area contributed by atoms with Crippen molar-refractivity contribution in [3.8, 4) is 0 Å².